The minimum absolute atomic E-state index is 0.0280. The summed E-state index contributed by atoms with van der Waals surface area (Å²) in [7, 11) is -3.51. The fraction of sp³-hybridized carbons (Fsp3) is 0.583. The van der Waals surface area contributed by atoms with Gasteiger partial charge >= 0.3 is 0 Å². The van der Waals surface area contributed by atoms with Gasteiger partial charge in [-0.3, -0.25) is 0 Å². The lowest BCUT2D eigenvalue weighted by atomic mass is 9.81. The molecule has 1 saturated carbocycles. The topological polar surface area (TPSA) is 85.1 Å². The van der Waals surface area contributed by atoms with E-state index in [0.717, 1.165) is 18.4 Å². The van der Waals surface area contributed by atoms with Crippen LogP contribution in [0.25, 0.3) is 0 Å². The van der Waals surface area contributed by atoms with Gasteiger partial charge in [0.2, 0.25) is 0 Å². The van der Waals surface area contributed by atoms with Crippen LogP contribution in [0.15, 0.2) is 23.4 Å². The van der Waals surface area contributed by atoms with Gasteiger partial charge in [-0.25, -0.2) is 18.1 Å². The molecule has 1 heterocycles. The summed E-state index contributed by atoms with van der Waals surface area (Å²) >= 11 is 0. The Bertz CT molecular complexity index is 495. The molecule has 0 radical (unpaired) electrons. The quantitative estimate of drug-likeness (QED) is 0.835. The first kappa shape index (κ1) is 13.5. The Labute approximate surface area is 108 Å². The molecule has 1 atom stereocenters. The first-order valence-electron chi connectivity index (χ1n) is 6.20. The smallest absolute Gasteiger partial charge is 0.258 e. The average Bonchev–Trinajstić information content (AvgIpc) is 2.26. The highest BCUT2D eigenvalue weighted by molar-refractivity contribution is 7.89. The van der Waals surface area contributed by atoms with Crippen molar-refractivity contribution in [2.75, 3.05) is 0 Å². The minimum Gasteiger partial charge on any atom is -0.326 e. The van der Waals surface area contributed by atoms with E-state index >= 15 is 0 Å². The summed E-state index contributed by atoms with van der Waals surface area (Å²) in [6, 6.07) is 3.16. The maximum Gasteiger partial charge on any atom is 0.258 e. The van der Waals surface area contributed by atoms with E-state index in [1.165, 1.54) is 18.7 Å². The minimum atomic E-state index is -3.51. The molecule has 3 N–H and O–H groups in total. The van der Waals surface area contributed by atoms with E-state index in [1.54, 1.807) is 6.07 Å². The first-order chi connectivity index (χ1) is 8.53. The zero-order valence-electron chi connectivity index (χ0n) is 10.5. The normalized spacial score (nSPS) is 18.3. The highest BCUT2D eigenvalue weighted by atomic mass is 32.2. The van der Waals surface area contributed by atoms with Crippen LogP contribution in [0.1, 0.15) is 31.7 Å². The lowest BCUT2D eigenvalue weighted by Crippen LogP contribution is -2.40. The third kappa shape index (κ3) is 2.88. The predicted molar refractivity (Wildman–Crippen MR) is 69.3 cm³/mol. The molecule has 1 aromatic heterocycles. The van der Waals surface area contributed by atoms with Crippen LogP contribution in [0, 0.1) is 5.92 Å². The van der Waals surface area contributed by atoms with Gasteiger partial charge in [-0.15, -0.1) is 0 Å². The number of rotatable bonds is 5. The number of nitrogens with two attached hydrogens (primary N) is 1. The maximum absolute atomic E-state index is 12.1. The number of hydrogen-bond donors (Lipinski definition) is 2. The first-order valence-corrected chi connectivity index (χ1v) is 7.68. The molecule has 1 unspecified atom stereocenters. The van der Waals surface area contributed by atoms with Crippen LogP contribution in [-0.2, 0) is 16.6 Å². The molecule has 5 nitrogen and oxygen atoms in total. The largest absolute Gasteiger partial charge is 0.326 e. The summed E-state index contributed by atoms with van der Waals surface area (Å²) in [6.45, 7) is 2.27. The van der Waals surface area contributed by atoms with E-state index in [4.69, 9.17) is 5.73 Å². The molecule has 1 aliphatic carbocycles. The van der Waals surface area contributed by atoms with E-state index < -0.39 is 10.0 Å². The zero-order valence-corrected chi connectivity index (χ0v) is 11.3. The Kier molecular flexibility index (Phi) is 3.99. The van der Waals surface area contributed by atoms with Gasteiger partial charge in [-0.1, -0.05) is 12.5 Å². The van der Waals surface area contributed by atoms with Crippen LogP contribution in [-0.4, -0.2) is 19.4 Å². The Morgan fingerprint density at radius 1 is 1.50 bits per heavy atom. The van der Waals surface area contributed by atoms with Crippen molar-refractivity contribution in [3.8, 4) is 0 Å². The van der Waals surface area contributed by atoms with E-state index in [-0.39, 0.29) is 11.1 Å². The van der Waals surface area contributed by atoms with Gasteiger partial charge < -0.3 is 5.73 Å². The lowest BCUT2D eigenvalue weighted by molar-refractivity contribution is 0.260. The molecule has 100 valence electrons. The van der Waals surface area contributed by atoms with Crippen molar-refractivity contribution >= 4 is 10.0 Å². The number of nitrogens with zero attached hydrogens (tertiary/aromatic N) is 1. The fourth-order valence-corrected chi connectivity index (χ4v) is 3.27. The second kappa shape index (κ2) is 5.34. The number of nitrogens with one attached hydrogen (secondary N) is 1. The van der Waals surface area contributed by atoms with Crippen molar-refractivity contribution in [1.29, 1.82) is 0 Å². The molecule has 18 heavy (non-hydrogen) atoms. The molecule has 0 amide bonds. The predicted octanol–water partition coefficient (Wildman–Crippen LogP) is 1.01. The van der Waals surface area contributed by atoms with Crippen molar-refractivity contribution in [3.05, 3.63) is 23.9 Å². The summed E-state index contributed by atoms with van der Waals surface area (Å²) in [5.74, 6) is 0.461. The number of aromatic nitrogens is 1. The van der Waals surface area contributed by atoms with Crippen molar-refractivity contribution in [2.45, 2.75) is 43.8 Å². The molecule has 0 saturated heterocycles. The van der Waals surface area contributed by atoms with E-state index in [2.05, 4.69) is 9.71 Å². The van der Waals surface area contributed by atoms with Gasteiger partial charge in [0, 0.05) is 18.8 Å². The van der Waals surface area contributed by atoms with Crippen LogP contribution in [0.4, 0.5) is 0 Å². The van der Waals surface area contributed by atoms with Crippen molar-refractivity contribution in [1.82, 2.24) is 9.71 Å². The molecule has 0 bridgehead atoms. The molecule has 2 rings (SSSR count). The SMILES string of the molecule is CC(NS(=O)(=O)c1ccc(CN)cn1)C1CCC1. The number of hydrogen-bond acceptors (Lipinski definition) is 4. The Hall–Kier alpha value is -0.980. The lowest BCUT2D eigenvalue weighted by Gasteiger charge is -2.31. The van der Waals surface area contributed by atoms with Gasteiger partial charge in [0.05, 0.1) is 0 Å². The van der Waals surface area contributed by atoms with Crippen LogP contribution in [0.5, 0.6) is 0 Å². The Morgan fingerprint density at radius 3 is 2.67 bits per heavy atom. The van der Waals surface area contributed by atoms with Crippen LogP contribution >= 0.6 is 0 Å². The summed E-state index contributed by atoms with van der Waals surface area (Å²) in [5.41, 5.74) is 6.27. The molecule has 0 aromatic carbocycles. The molecular weight excluding hydrogens is 250 g/mol. The van der Waals surface area contributed by atoms with Crippen molar-refractivity contribution < 1.29 is 8.42 Å². The molecule has 0 spiro atoms. The van der Waals surface area contributed by atoms with Gasteiger partial charge in [0.15, 0.2) is 5.03 Å². The summed E-state index contributed by atoms with van der Waals surface area (Å²) in [6.07, 6.45) is 4.90. The molecule has 1 aromatic rings. The van der Waals surface area contributed by atoms with Crippen LogP contribution < -0.4 is 10.5 Å². The highest BCUT2D eigenvalue weighted by Gasteiger charge is 2.28. The van der Waals surface area contributed by atoms with Crippen LogP contribution in [0.3, 0.4) is 0 Å². The molecular formula is C12H19N3O2S. The standard InChI is InChI=1S/C12H19N3O2S/c1-9(11-3-2-4-11)15-18(16,17)12-6-5-10(7-13)8-14-12/h5-6,8-9,11,15H,2-4,7,13H2,1H3. The third-order valence-electron chi connectivity index (χ3n) is 3.51. The second-order valence-corrected chi connectivity index (χ2v) is 6.47. The van der Waals surface area contributed by atoms with E-state index in [9.17, 15) is 8.42 Å². The van der Waals surface area contributed by atoms with Gasteiger partial charge in [0.1, 0.15) is 0 Å². The molecule has 1 aliphatic rings. The van der Waals surface area contributed by atoms with Gasteiger partial charge in [0.25, 0.3) is 10.0 Å². The molecule has 0 aliphatic heterocycles. The van der Waals surface area contributed by atoms with Gasteiger partial charge in [-0.2, -0.15) is 0 Å². The highest BCUT2D eigenvalue weighted by Crippen LogP contribution is 2.29. The fourth-order valence-electron chi connectivity index (χ4n) is 2.03. The van der Waals surface area contributed by atoms with Crippen molar-refractivity contribution in [3.63, 3.8) is 0 Å². The Morgan fingerprint density at radius 2 is 2.22 bits per heavy atom. The van der Waals surface area contributed by atoms with Gasteiger partial charge in [-0.05, 0) is 37.3 Å². The van der Waals surface area contributed by atoms with E-state index in [0.29, 0.717) is 12.5 Å². The monoisotopic (exact) mass is 269 g/mol. The average molecular weight is 269 g/mol. The second-order valence-electron chi connectivity index (χ2n) is 4.81. The molecule has 6 heteroatoms. The number of pyridine rings is 1. The van der Waals surface area contributed by atoms with E-state index in [1.807, 2.05) is 6.92 Å². The summed E-state index contributed by atoms with van der Waals surface area (Å²) in [5, 5.41) is 0.0610. The number of sulfonamides is 1. The third-order valence-corrected chi connectivity index (χ3v) is 4.98. The zero-order chi connectivity index (χ0) is 13.2. The summed E-state index contributed by atoms with van der Waals surface area (Å²) < 4.78 is 26.9. The summed E-state index contributed by atoms with van der Waals surface area (Å²) in [4.78, 5) is 3.95. The van der Waals surface area contributed by atoms with Crippen LogP contribution in [0.2, 0.25) is 0 Å². The maximum atomic E-state index is 12.1. The Balaban J connectivity index is 2.08. The molecule has 1 fully saturated rings. The van der Waals surface area contributed by atoms with Crippen molar-refractivity contribution in [2.24, 2.45) is 11.7 Å².